The molecule has 0 bridgehead atoms. The number of anilines is 1. The van der Waals surface area contributed by atoms with E-state index in [2.05, 4.69) is 15.5 Å². The number of methoxy groups -OCH3 is 1. The van der Waals surface area contributed by atoms with Gasteiger partial charge in [0.25, 0.3) is 0 Å². The zero-order valence-corrected chi connectivity index (χ0v) is 10.3. The summed E-state index contributed by atoms with van der Waals surface area (Å²) in [7, 11) is 1.50. The average molecular weight is 259 g/mol. The summed E-state index contributed by atoms with van der Waals surface area (Å²) in [5.41, 5.74) is 1.78. The lowest BCUT2D eigenvalue weighted by Gasteiger charge is -2.22. The number of ether oxygens (including phenoxy) is 1. The Hall–Kier alpha value is -2.50. The Balaban J connectivity index is 2.03. The highest BCUT2D eigenvalue weighted by molar-refractivity contribution is 5.94. The van der Waals surface area contributed by atoms with Crippen molar-refractivity contribution in [2.24, 2.45) is 0 Å². The minimum atomic E-state index is -0.112. The van der Waals surface area contributed by atoms with Crippen LogP contribution in [0.1, 0.15) is 23.5 Å². The predicted molar refractivity (Wildman–Crippen MR) is 68.3 cm³/mol. The number of nitrogens with zero attached hydrogens (tertiary/aromatic N) is 1. The van der Waals surface area contributed by atoms with Gasteiger partial charge in [-0.25, -0.2) is 0 Å². The molecule has 1 aromatic carbocycles. The molecule has 6 nitrogen and oxygen atoms in total. The SMILES string of the molecule is COc1ccc([C@H]2CC(=O)Nc3[nH]ncc32)cc1O. The van der Waals surface area contributed by atoms with Gasteiger partial charge in [0.05, 0.1) is 13.3 Å². The fraction of sp³-hybridized carbons (Fsp3) is 0.231. The Labute approximate surface area is 109 Å². The molecule has 1 aliphatic rings. The third-order valence-corrected chi connectivity index (χ3v) is 3.30. The second kappa shape index (κ2) is 4.31. The second-order valence-corrected chi connectivity index (χ2v) is 4.44. The lowest BCUT2D eigenvalue weighted by Crippen LogP contribution is -2.22. The third kappa shape index (κ3) is 1.91. The number of hydrogen-bond acceptors (Lipinski definition) is 4. The Morgan fingerprint density at radius 1 is 1.47 bits per heavy atom. The summed E-state index contributed by atoms with van der Waals surface area (Å²) in [5.74, 6) is 0.917. The van der Waals surface area contributed by atoms with Crippen molar-refractivity contribution in [3.8, 4) is 11.5 Å². The van der Waals surface area contributed by atoms with Gasteiger partial charge in [0.15, 0.2) is 11.5 Å². The van der Waals surface area contributed by atoms with E-state index in [1.807, 2.05) is 6.07 Å². The molecule has 2 heterocycles. The van der Waals surface area contributed by atoms with Gasteiger partial charge in [0.2, 0.25) is 5.91 Å². The lowest BCUT2D eigenvalue weighted by molar-refractivity contribution is -0.116. The summed E-state index contributed by atoms with van der Waals surface area (Å²) in [5, 5.41) is 19.3. The fourth-order valence-corrected chi connectivity index (χ4v) is 2.37. The molecule has 0 saturated heterocycles. The number of fused-ring (bicyclic) bond motifs is 1. The Kier molecular flexibility index (Phi) is 2.63. The molecule has 3 rings (SSSR count). The number of phenols is 1. The van der Waals surface area contributed by atoms with Gasteiger partial charge in [-0.2, -0.15) is 5.10 Å². The molecule has 19 heavy (non-hydrogen) atoms. The summed E-state index contributed by atoms with van der Waals surface area (Å²) in [4.78, 5) is 11.7. The molecule has 3 N–H and O–H groups in total. The van der Waals surface area contributed by atoms with Crippen molar-refractivity contribution >= 4 is 11.7 Å². The maximum atomic E-state index is 11.7. The number of amides is 1. The first kappa shape index (κ1) is 11.6. The van der Waals surface area contributed by atoms with E-state index in [0.29, 0.717) is 18.0 Å². The van der Waals surface area contributed by atoms with E-state index in [1.165, 1.54) is 7.11 Å². The summed E-state index contributed by atoms with van der Waals surface area (Å²) in [6, 6.07) is 5.16. The smallest absolute Gasteiger partial charge is 0.226 e. The molecule has 0 aliphatic carbocycles. The quantitative estimate of drug-likeness (QED) is 0.764. The molecule has 0 saturated carbocycles. The van der Waals surface area contributed by atoms with Crippen LogP contribution in [0, 0.1) is 0 Å². The fourth-order valence-electron chi connectivity index (χ4n) is 2.37. The van der Waals surface area contributed by atoms with Gasteiger partial charge in [-0.3, -0.25) is 9.89 Å². The van der Waals surface area contributed by atoms with E-state index in [1.54, 1.807) is 18.3 Å². The van der Waals surface area contributed by atoms with Gasteiger partial charge in [-0.15, -0.1) is 0 Å². The van der Waals surface area contributed by atoms with Crippen molar-refractivity contribution < 1.29 is 14.6 Å². The number of carbonyl (C=O) groups excluding carboxylic acids is 1. The molecule has 1 aliphatic heterocycles. The van der Waals surface area contributed by atoms with Crippen LogP contribution in [0.2, 0.25) is 0 Å². The van der Waals surface area contributed by atoms with Crippen LogP contribution in [-0.4, -0.2) is 28.3 Å². The molecule has 1 amide bonds. The molecular formula is C13H13N3O3. The number of carbonyl (C=O) groups is 1. The molecule has 98 valence electrons. The number of rotatable bonds is 2. The van der Waals surface area contributed by atoms with Gasteiger partial charge < -0.3 is 15.2 Å². The van der Waals surface area contributed by atoms with E-state index >= 15 is 0 Å². The third-order valence-electron chi connectivity index (χ3n) is 3.30. The Morgan fingerprint density at radius 3 is 3.05 bits per heavy atom. The second-order valence-electron chi connectivity index (χ2n) is 4.44. The molecule has 1 atom stereocenters. The highest BCUT2D eigenvalue weighted by atomic mass is 16.5. The maximum absolute atomic E-state index is 11.7. The van der Waals surface area contributed by atoms with Crippen molar-refractivity contribution in [1.29, 1.82) is 0 Å². The minimum absolute atomic E-state index is 0.0658. The van der Waals surface area contributed by atoms with Gasteiger partial charge in [0.1, 0.15) is 5.82 Å². The molecule has 0 spiro atoms. The number of phenolic OH excluding ortho intramolecular Hbond substituents is 1. The van der Waals surface area contributed by atoms with Crippen molar-refractivity contribution in [1.82, 2.24) is 10.2 Å². The maximum Gasteiger partial charge on any atom is 0.226 e. The summed E-state index contributed by atoms with van der Waals surface area (Å²) >= 11 is 0. The highest BCUT2D eigenvalue weighted by Crippen LogP contribution is 2.38. The van der Waals surface area contributed by atoms with E-state index in [4.69, 9.17) is 4.74 Å². The van der Waals surface area contributed by atoms with Crippen LogP contribution in [0.5, 0.6) is 11.5 Å². The minimum Gasteiger partial charge on any atom is -0.504 e. The van der Waals surface area contributed by atoms with Crippen LogP contribution in [-0.2, 0) is 4.79 Å². The standard InChI is InChI=1S/C13H13N3O3/c1-19-11-3-2-7(4-10(11)17)8-5-12(18)15-13-9(8)6-14-16-13/h2-4,6,8,17H,5H2,1H3,(H2,14,15,16,18)/t8-/m1/s1. The number of aromatic nitrogens is 2. The molecule has 2 aromatic rings. The van der Waals surface area contributed by atoms with E-state index in [0.717, 1.165) is 11.1 Å². The van der Waals surface area contributed by atoms with Crippen molar-refractivity contribution in [2.45, 2.75) is 12.3 Å². The monoisotopic (exact) mass is 259 g/mol. The van der Waals surface area contributed by atoms with Crippen molar-refractivity contribution in [3.05, 3.63) is 35.5 Å². The zero-order chi connectivity index (χ0) is 13.4. The van der Waals surface area contributed by atoms with Crippen LogP contribution < -0.4 is 10.1 Å². The summed E-state index contributed by atoms with van der Waals surface area (Å²) in [6.45, 7) is 0. The molecule has 6 heteroatoms. The van der Waals surface area contributed by atoms with Crippen LogP contribution in [0.25, 0.3) is 0 Å². The van der Waals surface area contributed by atoms with Gasteiger partial charge in [-0.1, -0.05) is 6.07 Å². The van der Waals surface area contributed by atoms with E-state index < -0.39 is 0 Å². The number of benzene rings is 1. The molecule has 0 fully saturated rings. The number of aromatic amines is 1. The predicted octanol–water partition coefficient (Wildman–Crippen LogP) is 1.60. The number of aromatic hydroxyl groups is 1. The average Bonchev–Trinajstić information content (AvgIpc) is 2.85. The first-order chi connectivity index (χ1) is 9.19. The topological polar surface area (TPSA) is 87.2 Å². The van der Waals surface area contributed by atoms with Gasteiger partial charge in [-0.05, 0) is 17.7 Å². The molecular weight excluding hydrogens is 246 g/mol. The number of hydrogen-bond donors (Lipinski definition) is 3. The van der Waals surface area contributed by atoms with Gasteiger partial charge >= 0.3 is 0 Å². The van der Waals surface area contributed by atoms with Crippen LogP contribution in [0.3, 0.4) is 0 Å². The highest BCUT2D eigenvalue weighted by Gasteiger charge is 2.28. The van der Waals surface area contributed by atoms with Crippen molar-refractivity contribution in [2.75, 3.05) is 12.4 Å². The summed E-state index contributed by atoms with van der Waals surface area (Å²) in [6.07, 6.45) is 2.03. The molecule has 0 unspecified atom stereocenters. The largest absolute Gasteiger partial charge is 0.504 e. The first-order valence-corrected chi connectivity index (χ1v) is 5.89. The first-order valence-electron chi connectivity index (χ1n) is 5.89. The Bertz CT molecular complexity index is 636. The van der Waals surface area contributed by atoms with E-state index in [-0.39, 0.29) is 17.6 Å². The van der Waals surface area contributed by atoms with Crippen LogP contribution in [0.15, 0.2) is 24.4 Å². The summed E-state index contributed by atoms with van der Waals surface area (Å²) < 4.78 is 5.02. The molecule has 0 radical (unpaired) electrons. The lowest BCUT2D eigenvalue weighted by atomic mass is 9.87. The van der Waals surface area contributed by atoms with E-state index in [9.17, 15) is 9.90 Å². The van der Waals surface area contributed by atoms with Crippen molar-refractivity contribution in [3.63, 3.8) is 0 Å². The zero-order valence-electron chi connectivity index (χ0n) is 10.3. The van der Waals surface area contributed by atoms with Crippen LogP contribution >= 0.6 is 0 Å². The molecule has 1 aromatic heterocycles. The van der Waals surface area contributed by atoms with Gasteiger partial charge in [0, 0.05) is 17.9 Å². The van der Waals surface area contributed by atoms with Crippen LogP contribution in [0.4, 0.5) is 5.82 Å². The Morgan fingerprint density at radius 2 is 2.32 bits per heavy atom. The normalized spacial score (nSPS) is 17.7. The number of H-pyrrole nitrogens is 1. The number of nitrogens with one attached hydrogen (secondary N) is 2.